The van der Waals surface area contributed by atoms with Crippen LogP contribution in [0.25, 0.3) is 64.6 Å². The molecular formula is C44H33Br5N4. The highest BCUT2D eigenvalue weighted by Gasteiger charge is 2.18. The van der Waals surface area contributed by atoms with Gasteiger partial charge in [-0.1, -0.05) is 64.5 Å². The zero-order valence-electron chi connectivity index (χ0n) is 28.4. The van der Waals surface area contributed by atoms with Gasteiger partial charge in [0.1, 0.15) is 0 Å². The van der Waals surface area contributed by atoms with Crippen molar-refractivity contribution >= 4 is 80.6 Å². The third-order valence-electron chi connectivity index (χ3n) is 10.2. The Bertz CT molecular complexity index is 2710. The van der Waals surface area contributed by atoms with E-state index in [1.165, 1.54) is 86.9 Å². The van der Waals surface area contributed by atoms with E-state index in [-0.39, 0.29) is 67.9 Å². The average molecular weight is 1020 g/mol. The lowest BCUT2D eigenvalue weighted by molar-refractivity contribution is -0.686. The summed E-state index contributed by atoms with van der Waals surface area (Å²) in [5.74, 6) is 0. The molecule has 0 bridgehead atoms. The molecule has 0 saturated carbocycles. The summed E-state index contributed by atoms with van der Waals surface area (Å²) < 4.78 is 6.97. The minimum absolute atomic E-state index is 0. The largest absolute Gasteiger partial charge is 1.00 e. The molecule has 0 amide bonds. The summed E-state index contributed by atoms with van der Waals surface area (Å²) in [5, 5.41) is 16.4. The molecule has 9 heteroatoms. The second-order valence-electron chi connectivity index (χ2n) is 13.5. The molecule has 4 nitrogen and oxygen atoms in total. The molecule has 0 saturated heterocycles. The summed E-state index contributed by atoms with van der Waals surface area (Å²) in [4.78, 5) is 3.28. The van der Waals surface area contributed by atoms with Crippen molar-refractivity contribution in [3.63, 3.8) is 0 Å². The maximum atomic E-state index is 3.55. The molecule has 264 valence electrons. The average Bonchev–Trinajstić information content (AvgIpc) is 3.14. The van der Waals surface area contributed by atoms with Crippen LogP contribution in [0.4, 0.5) is 0 Å². The monoisotopic (exact) mass is 1010 g/mol. The number of nitrogens with one attached hydrogen (secondary N) is 1. The number of hydrogen-bond donors (Lipinski definition) is 0. The van der Waals surface area contributed by atoms with Crippen molar-refractivity contribution in [3.05, 3.63) is 169 Å². The van der Waals surface area contributed by atoms with Gasteiger partial charge in [-0.3, -0.25) is 0 Å². The zero-order valence-corrected chi connectivity index (χ0v) is 36.3. The molecule has 0 unspecified atom stereocenters. The van der Waals surface area contributed by atoms with Crippen LogP contribution in [0.2, 0.25) is 0 Å². The molecule has 4 aromatic heterocycles. The predicted molar refractivity (Wildman–Crippen MR) is 200 cm³/mol. The lowest BCUT2D eigenvalue weighted by atomic mass is 9.97. The van der Waals surface area contributed by atoms with Crippen LogP contribution >= 0.6 is 15.9 Å². The summed E-state index contributed by atoms with van der Waals surface area (Å²) in [6, 6.07) is 36.0. The first-order chi connectivity index (χ1) is 24.1. The number of hydrogen-bond acceptors (Lipinski definition) is 0. The number of halogens is 5. The van der Waals surface area contributed by atoms with Gasteiger partial charge in [-0.15, -0.1) is 0 Å². The number of H-pyrrole nitrogens is 1. The van der Waals surface area contributed by atoms with Crippen LogP contribution in [0, 0.1) is 0 Å². The SMILES string of the molecule is BrCc1ccc(C[n+]2cc3ccc4c[n+](Cc5ccc(C[n+]6cc7ccc8c[nH+]cc9ccc(c6)c7c89)cc5)cc5ccc(c2)c3c45)cc1.[Br-].[Br-].[Br-].[Br-]. The number of nitrogens with zero attached hydrogens (tertiary/aromatic N) is 3. The molecular weight excluding hydrogens is 984 g/mol. The van der Waals surface area contributed by atoms with Crippen molar-refractivity contribution in [2.75, 3.05) is 0 Å². The van der Waals surface area contributed by atoms with Crippen LogP contribution in [0.5, 0.6) is 0 Å². The maximum Gasteiger partial charge on any atom is 0.177 e. The van der Waals surface area contributed by atoms with E-state index in [2.05, 4.69) is 181 Å². The minimum Gasteiger partial charge on any atom is -1.00 e. The topological polar surface area (TPSA) is 25.8 Å². The Morgan fingerprint density at radius 1 is 0.340 bits per heavy atom. The lowest BCUT2D eigenvalue weighted by Crippen LogP contribution is -3.00. The Balaban J connectivity index is 0.00000120. The van der Waals surface area contributed by atoms with Crippen LogP contribution in [0.1, 0.15) is 22.3 Å². The van der Waals surface area contributed by atoms with Gasteiger partial charge in [0.25, 0.3) is 0 Å². The highest BCUT2D eigenvalue weighted by Crippen LogP contribution is 2.33. The molecule has 0 fully saturated rings. The molecule has 4 heterocycles. The normalized spacial score (nSPS) is 11.2. The molecule has 0 aliphatic carbocycles. The van der Waals surface area contributed by atoms with Crippen LogP contribution in [-0.2, 0) is 25.0 Å². The first-order valence-electron chi connectivity index (χ1n) is 16.9. The third kappa shape index (κ3) is 7.19. The fourth-order valence-electron chi connectivity index (χ4n) is 7.89. The van der Waals surface area contributed by atoms with Gasteiger partial charge in [0.05, 0.1) is 0 Å². The van der Waals surface area contributed by atoms with Crippen molar-refractivity contribution in [1.29, 1.82) is 0 Å². The minimum atomic E-state index is 0. The smallest absolute Gasteiger partial charge is 0.177 e. The van der Waals surface area contributed by atoms with E-state index < -0.39 is 0 Å². The second kappa shape index (κ2) is 16.0. The maximum absolute atomic E-state index is 3.55. The predicted octanol–water partition coefficient (Wildman–Crippen LogP) is -3.79. The number of aromatic amines is 1. The molecule has 0 radical (unpaired) electrons. The highest BCUT2D eigenvalue weighted by molar-refractivity contribution is 9.08. The summed E-state index contributed by atoms with van der Waals surface area (Å²) in [6.45, 7) is 2.52. The van der Waals surface area contributed by atoms with Gasteiger partial charge in [0, 0.05) is 86.7 Å². The fraction of sp³-hybridized carbons (Fsp3) is 0.0909. The van der Waals surface area contributed by atoms with Crippen molar-refractivity contribution in [3.8, 4) is 0 Å². The van der Waals surface area contributed by atoms with E-state index in [0.29, 0.717) is 0 Å². The van der Waals surface area contributed by atoms with E-state index in [4.69, 9.17) is 0 Å². The molecule has 10 rings (SSSR count). The number of rotatable bonds is 7. The van der Waals surface area contributed by atoms with Crippen LogP contribution in [-0.4, -0.2) is 0 Å². The van der Waals surface area contributed by atoms with E-state index >= 15 is 0 Å². The fourth-order valence-corrected chi connectivity index (χ4v) is 8.26. The van der Waals surface area contributed by atoms with Crippen molar-refractivity contribution in [2.45, 2.75) is 25.0 Å². The summed E-state index contributed by atoms with van der Waals surface area (Å²) >= 11 is 3.55. The van der Waals surface area contributed by atoms with Gasteiger partial charge in [-0.25, -0.2) is 4.98 Å². The molecule has 53 heavy (non-hydrogen) atoms. The van der Waals surface area contributed by atoms with Gasteiger partial charge in [0.15, 0.2) is 69.2 Å². The van der Waals surface area contributed by atoms with E-state index in [0.717, 1.165) is 25.0 Å². The summed E-state index contributed by atoms with van der Waals surface area (Å²) in [7, 11) is 0. The van der Waals surface area contributed by atoms with Crippen LogP contribution < -0.4 is 86.6 Å². The number of benzene rings is 6. The molecule has 6 aromatic carbocycles. The van der Waals surface area contributed by atoms with Gasteiger partial charge in [-0.2, -0.15) is 13.7 Å². The van der Waals surface area contributed by atoms with Gasteiger partial charge >= 0.3 is 0 Å². The van der Waals surface area contributed by atoms with Gasteiger partial charge < -0.3 is 67.9 Å². The van der Waals surface area contributed by atoms with E-state index in [9.17, 15) is 0 Å². The Morgan fingerprint density at radius 3 is 0.868 bits per heavy atom. The molecule has 0 spiro atoms. The van der Waals surface area contributed by atoms with Gasteiger partial charge in [0.2, 0.25) is 0 Å². The zero-order chi connectivity index (χ0) is 32.5. The quantitative estimate of drug-likeness (QED) is 0.0893. The molecule has 0 atom stereocenters. The lowest BCUT2D eigenvalue weighted by Gasteiger charge is -2.10. The number of alkyl halides is 1. The first-order valence-corrected chi connectivity index (χ1v) is 18.0. The standard InChI is InChI=1S/C44H32BrN4.4BrH/c45-17-29-1-3-30(4-2-29)20-47-25-37-13-15-39-27-49(28-40-16-14-38(26-47)43(37)44(39)40)22-32-7-5-31(6-8-32)21-48-23-35-11-9-33-18-46-19-34-10-12-36(24-48)42(35)41(33)34;;;;/h1-16,18-19,23-28H,17,20-22H2;4*1H/q+3;;;;/p-3. The number of aromatic nitrogens is 4. The van der Waals surface area contributed by atoms with Crippen molar-refractivity contribution < 1.29 is 86.6 Å². The van der Waals surface area contributed by atoms with E-state index in [1.807, 2.05) is 0 Å². The molecule has 0 aliphatic heterocycles. The van der Waals surface area contributed by atoms with E-state index in [1.54, 1.807) is 0 Å². The Labute approximate surface area is 358 Å². The second-order valence-corrected chi connectivity index (χ2v) is 14.1. The molecule has 1 N–H and O–H groups in total. The Kier molecular flexibility index (Phi) is 11.8. The Morgan fingerprint density at radius 2 is 0.585 bits per heavy atom. The molecule has 10 aromatic rings. The van der Waals surface area contributed by atoms with Crippen molar-refractivity contribution in [2.24, 2.45) is 0 Å². The van der Waals surface area contributed by atoms with Crippen molar-refractivity contribution in [1.82, 2.24) is 0 Å². The van der Waals surface area contributed by atoms with Crippen LogP contribution in [0.15, 0.2) is 147 Å². The summed E-state index contributed by atoms with van der Waals surface area (Å²) in [6.07, 6.45) is 17.9. The number of pyridine rings is 4. The molecule has 0 aliphatic rings. The highest BCUT2D eigenvalue weighted by atomic mass is 79.9. The third-order valence-corrected chi connectivity index (χ3v) is 10.8. The Hall–Kier alpha value is -3.60. The van der Waals surface area contributed by atoms with Crippen LogP contribution in [0.3, 0.4) is 0 Å². The summed E-state index contributed by atoms with van der Waals surface area (Å²) in [5.41, 5.74) is 5.20. The first kappa shape index (κ1) is 39.1. The van der Waals surface area contributed by atoms with Gasteiger partial charge in [-0.05, 0) is 54.1 Å².